The van der Waals surface area contributed by atoms with Crippen molar-refractivity contribution >= 4 is 10.2 Å². The SMILES string of the molecule is CO[C@@H]1CN(S(=O)(=O)N(C)C(C)C2CC2)C[C@H]1c1cn[nH]n1. The molecule has 8 nitrogen and oxygen atoms in total. The number of rotatable bonds is 6. The summed E-state index contributed by atoms with van der Waals surface area (Å²) in [4.78, 5) is 0. The monoisotopic (exact) mass is 329 g/mol. The van der Waals surface area contributed by atoms with E-state index in [1.165, 1.54) is 8.61 Å². The van der Waals surface area contributed by atoms with E-state index in [2.05, 4.69) is 15.4 Å². The van der Waals surface area contributed by atoms with Crippen molar-refractivity contribution in [3.63, 3.8) is 0 Å². The van der Waals surface area contributed by atoms with Crippen LogP contribution in [0, 0.1) is 5.92 Å². The number of hydrogen-bond donors (Lipinski definition) is 1. The van der Waals surface area contributed by atoms with Crippen molar-refractivity contribution < 1.29 is 13.2 Å². The highest BCUT2D eigenvalue weighted by Crippen LogP contribution is 2.37. The molecule has 22 heavy (non-hydrogen) atoms. The predicted molar refractivity (Wildman–Crippen MR) is 80.4 cm³/mol. The molecule has 0 spiro atoms. The van der Waals surface area contributed by atoms with Crippen molar-refractivity contribution in [2.45, 2.75) is 37.8 Å². The van der Waals surface area contributed by atoms with E-state index in [0.29, 0.717) is 19.0 Å². The molecule has 0 bridgehead atoms. The number of methoxy groups -OCH3 is 1. The minimum Gasteiger partial charge on any atom is -0.379 e. The van der Waals surface area contributed by atoms with Crippen LogP contribution in [-0.2, 0) is 14.9 Å². The van der Waals surface area contributed by atoms with E-state index in [9.17, 15) is 8.42 Å². The van der Waals surface area contributed by atoms with Crippen molar-refractivity contribution in [1.82, 2.24) is 24.0 Å². The molecule has 124 valence electrons. The second-order valence-electron chi connectivity index (χ2n) is 6.19. The summed E-state index contributed by atoms with van der Waals surface area (Å²) in [5.74, 6) is 0.398. The lowest BCUT2D eigenvalue weighted by molar-refractivity contribution is 0.101. The fraction of sp³-hybridized carbons (Fsp3) is 0.846. The van der Waals surface area contributed by atoms with Crippen molar-refractivity contribution in [2.24, 2.45) is 5.92 Å². The lowest BCUT2D eigenvalue weighted by Crippen LogP contribution is -2.45. The molecule has 1 aliphatic carbocycles. The first-order valence-electron chi connectivity index (χ1n) is 7.56. The number of nitrogens with one attached hydrogen (secondary N) is 1. The Morgan fingerprint density at radius 3 is 2.73 bits per heavy atom. The van der Waals surface area contributed by atoms with Crippen LogP contribution in [-0.4, -0.2) is 71.8 Å². The molecule has 1 aromatic rings. The average molecular weight is 329 g/mol. The molecule has 0 radical (unpaired) electrons. The van der Waals surface area contributed by atoms with Crippen LogP contribution in [0.4, 0.5) is 0 Å². The molecular weight excluding hydrogens is 306 g/mol. The summed E-state index contributed by atoms with van der Waals surface area (Å²) in [7, 11) is -0.210. The first-order valence-corrected chi connectivity index (χ1v) is 8.96. The van der Waals surface area contributed by atoms with Crippen LogP contribution in [0.3, 0.4) is 0 Å². The van der Waals surface area contributed by atoms with Crippen LogP contribution in [0.1, 0.15) is 31.4 Å². The Kier molecular flexibility index (Phi) is 4.23. The van der Waals surface area contributed by atoms with Gasteiger partial charge in [0.05, 0.1) is 18.0 Å². The highest BCUT2D eigenvalue weighted by atomic mass is 32.2. The van der Waals surface area contributed by atoms with Gasteiger partial charge in [0.2, 0.25) is 0 Å². The van der Waals surface area contributed by atoms with E-state index in [1.807, 2.05) is 6.92 Å². The maximum absolute atomic E-state index is 12.8. The highest BCUT2D eigenvalue weighted by molar-refractivity contribution is 7.86. The van der Waals surface area contributed by atoms with Gasteiger partial charge in [0.15, 0.2) is 0 Å². The number of ether oxygens (including phenoxy) is 1. The van der Waals surface area contributed by atoms with Crippen LogP contribution in [0.5, 0.6) is 0 Å². The molecule has 1 unspecified atom stereocenters. The van der Waals surface area contributed by atoms with Crippen molar-refractivity contribution in [1.29, 1.82) is 0 Å². The highest BCUT2D eigenvalue weighted by Gasteiger charge is 2.44. The molecular formula is C13H23N5O3S. The first-order chi connectivity index (χ1) is 10.4. The lowest BCUT2D eigenvalue weighted by atomic mass is 10.0. The normalized spacial score (nSPS) is 28.4. The molecule has 1 aliphatic heterocycles. The number of H-pyrrole nitrogens is 1. The van der Waals surface area contributed by atoms with Crippen molar-refractivity contribution in [2.75, 3.05) is 27.2 Å². The summed E-state index contributed by atoms with van der Waals surface area (Å²) in [5.41, 5.74) is 0.738. The smallest absolute Gasteiger partial charge is 0.282 e. The number of hydrogen-bond acceptors (Lipinski definition) is 5. The van der Waals surface area contributed by atoms with Gasteiger partial charge in [-0.25, -0.2) is 0 Å². The van der Waals surface area contributed by atoms with Gasteiger partial charge in [-0.3, -0.25) is 0 Å². The standard InChI is InChI=1S/C13H23N5O3S/c1-9(10-4-5-10)17(2)22(19,20)18-7-11(13(8-18)21-3)12-6-14-16-15-12/h6,9-11,13H,4-5,7-8H2,1-3H3,(H,14,15,16)/t9?,11-,13+/m0/s1. The van der Waals surface area contributed by atoms with E-state index in [4.69, 9.17) is 4.74 Å². The van der Waals surface area contributed by atoms with Gasteiger partial charge in [-0.1, -0.05) is 0 Å². The van der Waals surface area contributed by atoms with Crippen LogP contribution in [0.25, 0.3) is 0 Å². The number of aromatic nitrogens is 3. The van der Waals surface area contributed by atoms with Gasteiger partial charge < -0.3 is 4.74 Å². The van der Waals surface area contributed by atoms with Gasteiger partial charge in [0, 0.05) is 39.2 Å². The summed E-state index contributed by atoms with van der Waals surface area (Å²) in [5, 5.41) is 10.5. The Balaban J connectivity index is 1.77. The zero-order valence-corrected chi connectivity index (χ0v) is 14.0. The summed E-state index contributed by atoms with van der Waals surface area (Å²) >= 11 is 0. The van der Waals surface area contributed by atoms with Gasteiger partial charge in [-0.15, -0.1) is 0 Å². The van der Waals surface area contributed by atoms with Crippen LogP contribution < -0.4 is 0 Å². The van der Waals surface area contributed by atoms with E-state index in [1.54, 1.807) is 20.4 Å². The Labute approximate surface area is 131 Å². The Morgan fingerprint density at radius 2 is 2.18 bits per heavy atom. The molecule has 1 saturated carbocycles. The molecule has 1 N–H and O–H groups in total. The molecule has 9 heteroatoms. The molecule has 0 aromatic carbocycles. The molecule has 2 heterocycles. The van der Waals surface area contributed by atoms with Gasteiger partial charge in [0.1, 0.15) is 0 Å². The van der Waals surface area contributed by atoms with Gasteiger partial charge in [-0.05, 0) is 25.7 Å². The van der Waals surface area contributed by atoms with Crippen LogP contribution >= 0.6 is 0 Å². The second-order valence-corrected chi connectivity index (χ2v) is 8.18. The van der Waals surface area contributed by atoms with Crippen LogP contribution in [0.15, 0.2) is 6.20 Å². The minimum atomic E-state index is -3.48. The third-order valence-electron chi connectivity index (χ3n) is 4.92. The Morgan fingerprint density at radius 1 is 1.45 bits per heavy atom. The molecule has 1 saturated heterocycles. The Hall–Kier alpha value is -1.03. The maximum atomic E-state index is 12.8. The third kappa shape index (κ3) is 2.78. The minimum absolute atomic E-state index is 0.0390. The molecule has 3 atom stereocenters. The topological polar surface area (TPSA) is 91.4 Å². The zero-order chi connectivity index (χ0) is 15.9. The predicted octanol–water partition coefficient (Wildman–Crippen LogP) is 0.194. The van der Waals surface area contributed by atoms with Crippen molar-refractivity contribution in [3.8, 4) is 0 Å². The summed E-state index contributed by atoms with van der Waals surface area (Å²) in [6, 6.07) is 0.0390. The third-order valence-corrected chi connectivity index (χ3v) is 6.93. The van der Waals surface area contributed by atoms with Crippen molar-refractivity contribution in [3.05, 3.63) is 11.9 Å². The molecule has 0 amide bonds. The largest absolute Gasteiger partial charge is 0.379 e. The van der Waals surface area contributed by atoms with E-state index in [-0.39, 0.29) is 18.1 Å². The molecule has 1 aromatic heterocycles. The number of aromatic amines is 1. The van der Waals surface area contributed by atoms with Gasteiger partial charge in [-0.2, -0.15) is 32.4 Å². The fourth-order valence-corrected chi connectivity index (χ4v) is 4.75. The quantitative estimate of drug-likeness (QED) is 0.805. The summed E-state index contributed by atoms with van der Waals surface area (Å²) < 4.78 is 34.1. The second kappa shape index (κ2) is 5.88. The maximum Gasteiger partial charge on any atom is 0.282 e. The van der Waals surface area contributed by atoms with E-state index in [0.717, 1.165) is 18.5 Å². The molecule has 3 rings (SSSR count). The Bertz CT molecular complexity index is 601. The lowest BCUT2D eigenvalue weighted by Gasteiger charge is -2.28. The van der Waals surface area contributed by atoms with Gasteiger partial charge >= 0.3 is 0 Å². The van der Waals surface area contributed by atoms with E-state index >= 15 is 0 Å². The summed E-state index contributed by atoms with van der Waals surface area (Å²) in [6.07, 6.45) is 3.65. The van der Waals surface area contributed by atoms with Crippen LogP contribution in [0.2, 0.25) is 0 Å². The zero-order valence-electron chi connectivity index (χ0n) is 13.1. The van der Waals surface area contributed by atoms with E-state index < -0.39 is 10.2 Å². The fourth-order valence-electron chi connectivity index (χ4n) is 3.11. The summed E-state index contributed by atoms with van der Waals surface area (Å²) in [6.45, 7) is 2.70. The molecule has 2 aliphatic rings. The first kappa shape index (κ1) is 15.9. The van der Waals surface area contributed by atoms with Gasteiger partial charge in [0.25, 0.3) is 10.2 Å². The number of nitrogens with zero attached hydrogens (tertiary/aromatic N) is 4. The average Bonchev–Trinajstić information content (AvgIpc) is 3.03. The molecule has 2 fully saturated rings.